The molecule has 18 heavy (non-hydrogen) atoms. The molecule has 0 aliphatic carbocycles. The van der Waals surface area contributed by atoms with Gasteiger partial charge in [-0.3, -0.25) is 0 Å². The maximum atomic E-state index is 11.3. The molecule has 3 nitrogen and oxygen atoms in total. The van der Waals surface area contributed by atoms with Crippen LogP contribution in [0.3, 0.4) is 0 Å². The van der Waals surface area contributed by atoms with Gasteiger partial charge in [-0.25, -0.2) is 4.79 Å². The van der Waals surface area contributed by atoms with Crippen molar-refractivity contribution in [3.63, 3.8) is 0 Å². The van der Waals surface area contributed by atoms with E-state index >= 15 is 0 Å². The van der Waals surface area contributed by atoms with Crippen molar-refractivity contribution in [1.29, 1.82) is 0 Å². The summed E-state index contributed by atoms with van der Waals surface area (Å²) in [7, 11) is 0. The van der Waals surface area contributed by atoms with Gasteiger partial charge in [0.25, 0.3) is 0 Å². The van der Waals surface area contributed by atoms with E-state index in [4.69, 9.17) is 4.74 Å². The Bertz CT molecular complexity index is 360. The lowest BCUT2D eigenvalue weighted by Crippen LogP contribution is -2.24. The van der Waals surface area contributed by atoms with Crippen LogP contribution in [-0.2, 0) is 11.3 Å². The van der Waals surface area contributed by atoms with Gasteiger partial charge < -0.3 is 10.1 Å². The number of amides is 1. The average Bonchev–Trinajstić information content (AvgIpc) is 2.41. The Morgan fingerprint density at radius 2 is 1.94 bits per heavy atom. The number of benzene rings is 1. The minimum Gasteiger partial charge on any atom is -0.445 e. The summed E-state index contributed by atoms with van der Waals surface area (Å²) in [6.45, 7) is 3.08. The van der Waals surface area contributed by atoms with E-state index in [0.717, 1.165) is 24.8 Å². The standard InChI is InChI=1S/C15H21NO2/c1-2-3-4-5-9-12-16-15(17)18-13-14-10-7-6-8-11-14/h4-8,10-11H,2-3,9,12-13H2,1H3,(H,16,17)/b5-4-. The molecule has 1 rings (SSSR count). The van der Waals surface area contributed by atoms with Crippen LogP contribution in [0.25, 0.3) is 0 Å². The molecule has 0 atom stereocenters. The number of hydrogen-bond donors (Lipinski definition) is 1. The van der Waals surface area contributed by atoms with Crippen molar-refractivity contribution in [3.05, 3.63) is 48.0 Å². The third-order valence-electron chi connectivity index (χ3n) is 2.42. The monoisotopic (exact) mass is 247 g/mol. The van der Waals surface area contributed by atoms with Gasteiger partial charge in [0.2, 0.25) is 0 Å². The number of alkyl carbamates (subject to hydrolysis) is 1. The molecule has 0 spiro atoms. The van der Waals surface area contributed by atoms with Gasteiger partial charge >= 0.3 is 6.09 Å². The summed E-state index contributed by atoms with van der Waals surface area (Å²) in [6, 6.07) is 9.65. The second-order valence-electron chi connectivity index (χ2n) is 4.04. The van der Waals surface area contributed by atoms with Crippen LogP contribution in [0.5, 0.6) is 0 Å². The molecule has 0 unspecified atom stereocenters. The quantitative estimate of drug-likeness (QED) is 0.590. The van der Waals surface area contributed by atoms with Crippen molar-refractivity contribution < 1.29 is 9.53 Å². The number of allylic oxidation sites excluding steroid dienone is 1. The van der Waals surface area contributed by atoms with Gasteiger partial charge in [0, 0.05) is 6.54 Å². The fourth-order valence-electron chi connectivity index (χ4n) is 1.43. The van der Waals surface area contributed by atoms with Crippen LogP contribution in [-0.4, -0.2) is 12.6 Å². The summed E-state index contributed by atoms with van der Waals surface area (Å²) in [6.07, 6.45) is 6.96. The molecule has 0 saturated heterocycles. The predicted molar refractivity (Wildman–Crippen MR) is 73.3 cm³/mol. The topological polar surface area (TPSA) is 38.3 Å². The van der Waals surface area contributed by atoms with Gasteiger partial charge in [0.05, 0.1) is 0 Å². The first-order chi connectivity index (χ1) is 8.83. The van der Waals surface area contributed by atoms with Crippen LogP contribution in [0.1, 0.15) is 31.7 Å². The largest absolute Gasteiger partial charge is 0.445 e. The summed E-state index contributed by atoms with van der Waals surface area (Å²) in [5.41, 5.74) is 0.996. The van der Waals surface area contributed by atoms with Gasteiger partial charge in [-0.05, 0) is 18.4 Å². The summed E-state index contributed by atoms with van der Waals surface area (Å²) in [5, 5.41) is 2.72. The highest BCUT2D eigenvalue weighted by Gasteiger charge is 2.00. The van der Waals surface area contributed by atoms with Gasteiger partial charge in [-0.1, -0.05) is 55.8 Å². The van der Waals surface area contributed by atoms with Gasteiger partial charge in [-0.15, -0.1) is 0 Å². The lowest BCUT2D eigenvalue weighted by atomic mass is 10.2. The van der Waals surface area contributed by atoms with Crippen molar-refractivity contribution in [2.75, 3.05) is 6.54 Å². The van der Waals surface area contributed by atoms with Crippen molar-refractivity contribution in [2.24, 2.45) is 0 Å². The van der Waals surface area contributed by atoms with Crippen molar-refractivity contribution in [1.82, 2.24) is 5.32 Å². The van der Waals surface area contributed by atoms with E-state index in [0.29, 0.717) is 13.2 Å². The highest BCUT2D eigenvalue weighted by atomic mass is 16.5. The second kappa shape index (κ2) is 9.28. The summed E-state index contributed by atoms with van der Waals surface area (Å²) >= 11 is 0. The first-order valence-corrected chi connectivity index (χ1v) is 6.42. The van der Waals surface area contributed by atoms with E-state index < -0.39 is 0 Å². The maximum Gasteiger partial charge on any atom is 0.407 e. The molecule has 0 aliphatic heterocycles. The van der Waals surface area contributed by atoms with Crippen molar-refractivity contribution in [3.8, 4) is 0 Å². The van der Waals surface area contributed by atoms with E-state index in [-0.39, 0.29) is 6.09 Å². The molecule has 1 aromatic carbocycles. The van der Waals surface area contributed by atoms with E-state index in [9.17, 15) is 4.79 Å². The number of hydrogen-bond acceptors (Lipinski definition) is 2. The van der Waals surface area contributed by atoms with Gasteiger partial charge in [0.1, 0.15) is 6.61 Å². The first-order valence-electron chi connectivity index (χ1n) is 6.42. The highest BCUT2D eigenvalue weighted by Crippen LogP contribution is 2.00. The number of ether oxygens (including phenoxy) is 1. The molecule has 0 heterocycles. The number of carbonyl (C=O) groups excluding carboxylic acids is 1. The fourth-order valence-corrected chi connectivity index (χ4v) is 1.43. The molecule has 0 radical (unpaired) electrons. The molecule has 0 saturated carbocycles. The van der Waals surface area contributed by atoms with Crippen LogP contribution in [0.15, 0.2) is 42.5 Å². The smallest absolute Gasteiger partial charge is 0.407 e. The molecular formula is C15H21NO2. The highest BCUT2D eigenvalue weighted by molar-refractivity contribution is 5.67. The van der Waals surface area contributed by atoms with E-state index in [2.05, 4.69) is 24.4 Å². The second-order valence-corrected chi connectivity index (χ2v) is 4.04. The predicted octanol–water partition coefficient (Wildman–Crippen LogP) is 3.66. The fraction of sp³-hybridized carbons (Fsp3) is 0.400. The zero-order valence-corrected chi connectivity index (χ0v) is 10.9. The lowest BCUT2D eigenvalue weighted by Gasteiger charge is -2.05. The Labute approximate surface area is 109 Å². The zero-order valence-electron chi connectivity index (χ0n) is 10.9. The van der Waals surface area contributed by atoms with Gasteiger partial charge in [0.15, 0.2) is 0 Å². The number of carbonyl (C=O) groups is 1. The van der Waals surface area contributed by atoms with Crippen LogP contribution >= 0.6 is 0 Å². The van der Waals surface area contributed by atoms with Crippen LogP contribution < -0.4 is 5.32 Å². The Morgan fingerprint density at radius 3 is 2.67 bits per heavy atom. The Kier molecular flexibility index (Phi) is 7.37. The average molecular weight is 247 g/mol. The summed E-state index contributed by atoms with van der Waals surface area (Å²) in [4.78, 5) is 11.3. The molecule has 98 valence electrons. The molecule has 0 aromatic heterocycles. The summed E-state index contributed by atoms with van der Waals surface area (Å²) < 4.78 is 5.08. The van der Waals surface area contributed by atoms with E-state index in [1.165, 1.54) is 0 Å². The number of nitrogens with one attached hydrogen (secondary N) is 1. The molecule has 0 fully saturated rings. The van der Waals surface area contributed by atoms with Crippen LogP contribution in [0, 0.1) is 0 Å². The van der Waals surface area contributed by atoms with E-state index in [1.807, 2.05) is 30.3 Å². The third-order valence-corrected chi connectivity index (χ3v) is 2.42. The molecule has 1 aromatic rings. The van der Waals surface area contributed by atoms with Crippen molar-refractivity contribution >= 4 is 6.09 Å². The molecule has 3 heteroatoms. The van der Waals surface area contributed by atoms with E-state index in [1.54, 1.807) is 0 Å². The van der Waals surface area contributed by atoms with Crippen molar-refractivity contribution in [2.45, 2.75) is 32.8 Å². The van der Waals surface area contributed by atoms with Crippen LogP contribution in [0.4, 0.5) is 4.79 Å². The third kappa shape index (κ3) is 6.74. The van der Waals surface area contributed by atoms with Crippen LogP contribution in [0.2, 0.25) is 0 Å². The normalized spacial score (nSPS) is 10.5. The molecule has 1 amide bonds. The first kappa shape index (κ1) is 14.3. The Morgan fingerprint density at radius 1 is 1.22 bits per heavy atom. The number of rotatable bonds is 7. The van der Waals surface area contributed by atoms with Gasteiger partial charge in [-0.2, -0.15) is 0 Å². The molecule has 1 N–H and O–H groups in total. The Hall–Kier alpha value is -1.77. The SMILES string of the molecule is CCC/C=C\CCNC(=O)OCc1ccccc1. The number of unbranched alkanes of at least 4 members (excludes halogenated alkanes) is 1. The maximum absolute atomic E-state index is 11.3. The minimum atomic E-state index is -0.359. The molecule has 0 bridgehead atoms. The lowest BCUT2D eigenvalue weighted by molar-refractivity contribution is 0.140. The molecule has 0 aliphatic rings. The minimum absolute atomic E-state index is 0.318. The Balaban J connectivity index is 2.07. The molecular weight excluding hydrogens is 226 g/mol. The zero-order chi connectivity index (χ0) is 13.1. The summed E-state index contributed by atoms with van der Waals surface area (Å²) in [5.74, 6) is 0.